The van der Waals surface area contributed by atoms with Crippen LogP contribution in [0.1, 0.15) is 61.2 Å². The van der Waals surface area contributed by atoms with Gasteiger partial charge in [-0.3, -0.25) is 0 Å². The third-order valence-corrected chi connectivity index (χ3v) is 8.72. The van der Waals surface area contributed by atoms with Gasteiger partial charge in [-0.1, -0.05) is 80.3 Å². The summed E-state index contributed by atoms with van der Waals surface area (Å²) < 4.78 is 0. The van der Waals surface area contributed by atoms with E-state index in [0.29, 0.717) is 0 Å². The van der Waals surface area contributed by atoms with Gasteiger partial charge in [0.25, 0.3) is 0 Å². The SMILES string of the molecule is Cc1ccc(C)c(-c2[c-]cccc2)n1.Cc1ccnc(-c2[c-]cc3c(c2)-c2ccc(C)cc2C(C)(C)C3(C)C)c1.[Ir]. The molecule has 1 aliphatic rings. The number of hydrogen-bond donors (Lipinski definition) is 0. The van der Waals surface area contributed by atoms with Crippen LogP contribution in [0.2, 0.25) is 0 Å². The fourth-order valence-corrected chi connectivity index (χ4v) is 5.59. The molecule has 2 nitrogen and oxygen atoms in total. The smallest absolute Gasteiger partial charge is 0.0266 e. The molecule has 3 heteroatoms. The van der Waals surface area contributed by atoms with Gasteiger partial charge in [-0.25, -0.2) is 0 Å². The number of nitrogens with zero attached hydrogens (tertiary/aromatic N) is 2. The number of aromatic nitrogens is 2. The van der Waals surface area contributed by atoms with Gasteiger partial charge >= 0.3 is 0 Å². The molecule has 0 N–H and O–H groups in total. The second-order valence-corrected chi connectivity index (χ2v) is 12.1. The van der Waals surface area contributed by atoms with Crippen LogP contribution in [0.15, 0.2) is 85.1 Å². The van der Waals surface area contributed by atoms with Crippen LogP contribution >= 0.6 is 0 Å². The summed E-state index contributed by atoms with van der Waals surface area (Å²) >= 11 is 0. The molecule has 0 unspecified atom stereocenters. The van der Waals surface area contributed by atoms with Gasteiger partial charge in [-0.15, -0.1) is 65.2 Å². The first-order valence-electron chi connectivity index (χ1n) is 14.0. The summed E-state index contributed by atoms with van der Waals surface area (Å²) in [6, 6.07) is 34.3. The molecule has 211 valence electrons. The van der Waals surface area contributed by atoms with Crippen molar-refractivity contribution in [1.82, 2.24) is 9.97 Å². The van der Waals surface area contributed by atoms with Crippen molar-refractivity contribution in [3.63, 3.8) is 0 Å². The van der Waals surface area contributed by atoms with Crippen LogP contribution in [0.3, 0.4) is 0 Å². The van der Waals surface area contributed by atoms with Crippen LogP contribution in [0.5, 0.6) is 0 Å². The van der Waals surface area contributed by atoms with Crippen molar-refractivity contribution in [2.75, 3.05) is 0 Å². The van der Waals surface area contributed by atoms with Crippen LogP contribution in [-0.2, 0) is 30.9 Å². The predicted octanol–water partition coefficient (Wildman–Crippen LogP) is 9.56. The third-order valence-electron chi connectivity index (χ3n) is 8.72. The van der Waals surface area contributed by atoms with Crippen LogP contribution in [0, 0.1) is 39.8 Å². The summed E-state index contributed by atoms with van der Waals surface area (Å²) in [7, 11) is 0. The maximum Gasteiger partial charge on any atom is 0.0266 e. The average molecular weight is 715 g/mol. The van der Waals surface area contributed by atoms with Crippen molar-refractivity contribution in [2.24, 2.45) is 0 Å². The van der Waals surface area contributed by atoms with E-state index in [-0.39, 0.29) is 30.9 Å². The Morgan fingerprint density at radius 2 is 1.39 bits per heavy atom. The minimum atomic E-state index is 0. The van der Waals surface area contributed by atoms with E-state index in [0.717, 1.165) is 28.2 Å². The average Bonchev–Trinajstić information content (AvgIpc) is 2.94. The maximum atomic E-state index is 4.56. The van der Waals surface area contributed by atoms with Crippen molar-refractivity contribution in [3.8, 4) is 33.6 Å². The fourth-order valence-electron chi connectivity index (χ4n) is 5.59. The molecule has 0 saturated heterocycles. The normalized spacial score (nSPS) is 14.0. The molecule has 41 heavy (non-hydrogen) atoms. The van der Waals surface area contributed by atoms with Crippen molar-refractivity contribution in [3.05, 3.63) is 131 Å². The van der Waals surface area contributed by atoms with Crippen LogP contribution in [0.4, 0.5) is 0 Å². The maximum absolute atomic E-state index is 4.56. The van der Waals surface area contributed by atoms with E-state index in [4.69, 9.17) is 0 Å². The van der Waals surface area contributed by atoms with Crippen molar-refractivity contribution < 1.29 is 20.1 Å². The van der Waals surface area contributed by atoms with Gasteiger partial charge in [0.15, 0.2) is 0 Å². The molecule has 0 bridgehead atoms. The van der Waals surface area contributed by atoms with Gasteiger partial charge in [0.1, 0.15) is 0 Å². The Hall–Kier alpha value is -3.39. The fraction of sp³-hybridized carbons (Fsp3) is 0.263. The molecule has 1 aliphatic carbocycles. The van der Waals surface area contributed by atoms with Gasteiger partial charge in [-0.2, -0.15) is 0 Å². The molecule has 0 fully saturated rings. The largest absolute Gasteiger partial charge is 0.305 e. The first-order chi connectivity index (χ1) is 19.0. The molecule has 5 aromatic rings. The van der Waals surface area contributed by atoms with E-state index in [1.165, 1.54) is 38.9 Å². The van der Waals surface area contributed by atoms with Crippen molar-refractivity contribution in [1.29, 1.82) is 0 Å². The molecule has 0 aliphatic heterocycles. The van der Waals surface area contributed by atoms with E-state index in [9.17, 15) is 0 Å². The summed E-state index contributed by atoms with van der Waals surface area (Å²) in [5.41, 5.74) is 14.5. The summed E-state index contributed by atoms with van der Waals surface area (Å²) in [6.07, 6.45) is 1.88. The number of benzene rings is 3. The molecule has 2 heterocycles. The summed E-state index contributed by atoms with van der Waals surface area (Å²) in [6.45, 7) is 17.8. The Balaban J connectivity index is 0.000000219. The predicted molar refractivity (Wildman–Crippen MR) is 167 cm³/mol. The second kappa shape index (κ2) is 11.8. The Kier molecular flexibility index (Phi) is 8.83. The summed E-state index contributed by atoms with van der Waals surface area (Å²) in [5, 5.41) is 0. The van der Waals surface area contributed by atoms with E-state index < -0.39 is 0 Å². The van der Waals surface area contributed by atoms with E-state index in [1.807, 2.05) is 49.5 Å². The van der Waals surface area contributed by atoms with Gasteiger partial charge in [0.2, 0.25) is 0 Å². The van der Waals surface area contributed by atoms with Crippen molar-refractivity contribution >= 4 is 0 Å². The van der Waals surface area contributed by atoms with Crippen LogP contribution in [-0.4, -0.2) is 9.97 Å². The first kappa shape index (κ1) is 30.6. The van der Waals surface area contributed by atoms with E-state index in [2.05, 4.69) is 113 Å². The van der Waals surface area contributed by atoms with Crippen molar-refractivity contribution in [2.45, 2.75) is 66.2 Å². The zero-order valence-electron chi connectivity index (χ0n) is 25.3. The number of pyridine rings is 2. The van der Waals surface area contributed by atoms with Crippen LogP contribution in [0.25, 0.3) is 33.6 Å². The van der Waals surface area contributed by atoms with Gasteiger partial charge in [-0.05, 0) is 73.2 Å². The second-order valence-electron chi connectivity index (χ2n) is 12.1. The molecule has 0 saturated carbocycles. The van der Waals surface area contributed by atoms with Gasteiger partial charge in [0, 0.05) is 32.0 Å². The molecular weight excluding hydrogens is 677 g/mol. The summed E-state index contributed by atoms with van der Waals surface area (Å²) in [5.74, 6) is 0. The first-order valence-corrected chi connectivity index (χ1v) is 14.0. The minimum Gasteiger partial charge on any atom is -0.305 e. The summed E-state index contributed by atoms with van der Waals surface area (Å²) in [4.78, 5) is 9.07. The zero-order valence-corrected chi connectivity index (χ0v) is 27.7. The number of rotatable bonds is 2. The molecule has 6 rings (SSSR count). The molecule has 2 aromatic heterocycles. The topological polar surface area (TPSA) is 25.8 Å². The molecule has 0 spiro atoms. The standard InChI is InChI=1S/C25H26N.C13H12N.Ir/c1-16-7-9-19-20-15-18(23-14-17(2)11-12-26-23)8-10-21(20)24(3,4)25(5,6)22(19)13-16;1-10-8-9-11(2)14-13(10)12-6-4-3-5-7-12;/h7,9-15H,1-6H3;3-6,8-9H,1-2H3;/q2*-1;. The number of fused-ring (bicyclic) bond motifs is 3. The Morgan fingerprint density at radius 1 is 0.659 bits per heavy atom. The molecular formula is C38H38IrN2-2. The Morgan fingerprint density at radius 3 is 2.10 bits per heavy atom. The van der Waals surface area contributed by atoms with E-state index in [1.54, 1.807) is 0 Å². The zero-order chi connectivity index (χ0) is 28.7. The molecule has 0 amide bonds. The molecule has 3 aromatic carbocycles. The molecule has 1 radical (unpaired) electrons. The van der Waals surface area contributed by atoms with Gasteiger partial charge < -0.3 is 9.97 Å². The monoisotopic (exact) mass is 715 g/mol. The third kappa shape index (κ3) is 5.85. The van der Waals surface area contributed by atoms with E-state index >= 15 is 0 Å². The molecule has 0 atom stereocenters. The Labute approximate surface area is 259 Å². The number of hydrogen-bond acceptors (Lipinski definition) is 2. The number of aryl methyl sites for hydroxylation is 4. The Bertz CT molecular complexity index is 1680. The van der Waals surface area contributed by atoms with Crippen LogP contribution < -0.4 is 0 Å². The van der Waals surface area contributed by atoms with Gasteiger partial charge in [0.05, 0.1) is 0 Å². The minimum absolute atomic E-state index is 0. The quantitative estimate of drug-likeness (QED) is 0.170.